The standard InChI is InChI=1S/C23H29N7O3/c1-14-10-21(29-28-14)26-20-13-19-18(4-3-7-24-19)22(27-20)25-15-11-16-5-6-17(12-15)30(16)23(31)33-9-8-32-2/h3-4,7,10,13,15-17H,5-6,8-9,11-12H2,1-2H3,(H3,25,26,27,28,29)/t15?,16-,17+. The molecule has 1 unspecified atom stereocenters. The maximum Gasteiger partial charge on any atom is 0.410 e. The van der Waals surface area contributed by atoms with Crippen LogP contribution in [0.5, 0.6) is 0 Å². The number of amides is 1. The fourth-order valence-corrected chi connectivity index (χ4v) is 4.94. The third-order valence-corrected chi connectivity index (χ3v) is 6.36. The van der Waals surface area contributed by atoms with Crippen LogP contribution in [0.2, 0.25) is 0 Å². The van der Waals surface area contributed by atoms with E-state index < -0.39 is 0 Å². The van der Waals surface area contributed by atoms with E-state index in [4.69, 9.17) is 14.5 Å². The molecule has 10 heteroatoms. The molecule has 5 heterocycles. The first-order valence-corrected chi connectivity index (χ1v) is 11.4. The third-order valence-electron chi connectivity index (χ3n) is 6.36. The van der Waals surface area contributed by atoms with Crippen molar-refractivity contribution in [1.29, 1.82) is 0 Å². The highest BCUT2D eigenvalue weighted by Gasteiger charge is 2.44. The van der Waals surface area contributed by atoms with Crippen LogP contribution in [0, 0.1) is 6.92 Å². The summed E-state index contributed by atoms with van der Waals surface area (Å²) >= 11 is 0. The Morgan fingerprint density at radius 3 is 2.76 bits per heavy atom. The minimum absolute atomic E-state index is 0.175. The van der Waals surface area contributed by atoms with Crippen LogP contribution in [0.25, 0.3) is 10.9 Å². The Morgan fingerprint density at radius 2 is 2.03 bits per heavy atom. The number of ether oxygens (including phenoxy) is 2. The number of nitrogens with one attached hydrogen (secondary N) is 3. The molecule has 10 nitrogen and oxygen atoms in total. The molecule has 2 bridgehead atoms. The molecule has 174 valence electrons. The van der Waals surface area contributed by atoms with Crippen molar-refractivity contribution in [3.05, 3.63) is 36.2 Å². The van der Waals surface area contributed by atoms with E-state index >= 15 is 0 Å². The molecule has 0 saturated carbocycles. The number of carbonyl (C=O) groups excluding carboxylic acids is 1. The smallest absolute Gasteiger partial charge is 0.410 e. The van der Waals surface area contributed by atoms with Crippen LogP contribution in [-0.2, 0) is 9.47 Å². The Labute approximate surface area is 192 Å². The van der Waals surface area contributed by atoms with Crippen molar-refractivity contribution in [2.24, 2.45) is 0 Å². The van der Waals surface area contributed by atoms with Gasteiger partial charge in [-0.1, -0.05) is 0 Å². The highest BCUT2D eigenvalue weighted by molar-refractivity contribution is 5.91. The highest BCUT2D eigenvalue weighted by atomic mass is 16.6. The van der Waals surface area contributed by atoms with Crippen LogP contribution in [0.15, 0.2) is 30.5 Å². The lowest BCUT2D eigenvalue weighted by molar-refractivity contribution is 0.0485. The Kier molecular flexibility index (Phi) is 5.99. The highest BCUT2D eigenvalue weighted by Crippen LogP contribution is 2.38. The molecule has 1 amide bonds. The number of aromatic nitrogens is 4. The minimum atomic E-state index is -0.230. The van der Waals surface area contributed by atoms with Crippen LogP contribution < -0.4 is 10.6 Å². The van der Waals surface area contributed by atoms with Gasteiger partial charge in [-0.2, -0.15) is 5.10 Å². The van der Waals surface area contributed by atoms with Crippen LogP contribution in [0.1, 0.15) is 31.4 Å². The van der Waals surface area contributed by atoms with Crippen LogP contribution in [-0.4, -0.2) is 69.6 Å². The molecule has 0 aliphatic carbocycles. The monoisotopic (exact) mass is 451 g/mol. The number of anilines is 3. The summed E-state index contributed by atoms with van der Waals surface area (Å²) in [5, 5.41) is 15.0. The maximum absolute atomic E-state index is 12.6. The van der Waals surface area contributed by atoms with Gasteiger partial charge in [-0.15, -0.1) is 0 Å². The van der Waals surface area contributed by atoms with Gasteiger partial charge in [-0.3, -0.25) is 10.1 Å². The number of pyridine rings is 2. The number of carbonyl (C=O) groups is 1. The largest absolute Gasteiger partial charge is 0.447 e. The first kappa shape index (κ1) is 21.4. The summed E-state index contributed by atoms with van der Waals surface area (Å²) in [6.07, 6.45) is 5.26. The molecule has 33 heavy (non-hydrogen) atoms. The SMILES string of the molecule is COCCOC(=O)N1[C@@H]2CC[C@H]1CC(Nc1nc(Nc3cc(C)[nH]n3)cc3ncccc13)C2. The van der Waals surface area contributed by atoms with Crippen LogP contribution in [0.3, 0.4) is 0 Å². The minimum Gasteiger partial charge on any atom is -0.447 e. The van der Waals surface area contributed by atoms with Crippen molar-refractivity contribution >= 4 is 34.4 Å². The normalized spacial score (nSPS) is 21.9. The average Bonchev–Trinajstić information content (AvgIpc) is 3.33. The lowest BCUT2D eigenvalue weighted by Crippen LogP contribution is -2.50. The summed E-state index contributed by atoms with van der Waals surface area (Å²) in [7, 11) is 1.60. The predicted molar refractivity (Wildman–Crippen MR) is 125 cm³/mol. The summed E-state index contributed by atoms with van der Waals surface area (Å²) in [5.41, 5.74) is 1.82. The van der Waals surface area contributed by atoms with Crippen molar-refractivity contribution in [3.63, 3.8) is 0 Å². The van der Waals surface area contributed by atoms with Gasteiger partial charge in [0.2, 0.25) is 0 Å². The van der Waals surface area contributed by atoms with Crippen LogP contribution in [0.4, 0.5) is 22.2 Å². The molecule has 0 radical (unpaired) electrons. The second-order valence-corrected chi connectivity index (χ2v) is 8.70. The number of piperidine rings is 1. The molecular weight excluding hydrogens is 422 g/mol. The lowest BCUT2D eigenvalue weighted by atomic mass is 9.97. The zero-order valence-corrected chi connectivity index (χ0v) is 18.9. The number of aromatic amines is 1. The molecular formula is C23H29N7O3. The van der Waals surface area contributed by atoms with Gasteiger partial charge in [0.25, 0.3) is 0 Å². The predicted octanol–water partition coefficient (Wildman–Crippen LogP) is 3.60. The van der Waals surface area contributed by atoms with E-state index in [1.54, 1.807) is 13.3 Å². The molecule has 3 N–H and O–H groups in total. The molecule has 3 atom stereocenters. The van der Waals surface area contributed by atoms with Crippen molar-refractivity contribution in [2.75, 3.05) is 31.0 Å². The van der Waals surface area contributed by atoms with E-state index in [9.17, 15) is 4.79 Å². The summed E-state index contributed by atoms with van der Waals surface area (Å²) in [5.74, 6) is 2.17. The Bertz CT molecular complexity index is 1120. The fraction of sp³-hybridized carbons (Fsp3) is 0.478. The molecule has 5 rings (SSSR count). The number of methoxy groups -OCH3 is 1. The van der Waals surface area contributed by atoms with Gasteiger partial charge in [0, 0.05) is 54.6 Å². The number of hydrogen-bond donors (Lipinski definition) is 3. The molecule has 2 aliphatic rings. The number of hydrogen-bond acceptors (Lipinski definition) is 8. The molecule has 2 saturated heterocycles. The molecule has 3 aromatic rings. The zero-order valence-electron chi connectivity index (χ0n) is 18.9. The van der Waals surface area contributed by atoms with Crippen molar-refractivity contribution in [1.82, 2.24) is 25.1 Å². The van der Waals surface area contributed by atoms with Gasteiger partial charge < -0.3 is 25.0 Å². The van der Waals surface area contributed by atoms with Gasteiger partial charge in [0.15, 0.2) is 5.82 Å². The number of aryl methyl sites for hydroxylation is 1. The topological polar surface area (TPSA) is 117 Å². The second kappa shape index (κ2) is 9.22. The summed E-state index contributed by atoms with van der Waals surface area (Å²) in [6.45, 7) is 2.65. The van der Waals surface area contributed by atoms with E-state index in [1.165, 1.54) is 0 Å². The van der Waals surface area contributed by atoms with Gasteiger partial charge in [-0.05, 0) is 44.7 Å². The van der Waals surface area contributed by atoms with Crippen LogP contribution >= 0.6 is 0 Å². The molecule has 3 aromatic heterocycles. The fourth-order valence-electron chi connectivity index (χ4n) is 4.94. The van der Waals surface area contributed by atoms with Gasteiger partial charge in [0.1, 0.15) is 18.2 Å². The molecule has 0 spiro atoms. The summed E-state index contributed by atoms with van der Waals surface area (Å²) < 4.78 is 10.4. The van der Waals surface area contributed by atoms with Gasteiger partial charge in [-0.25, -0.2) is 9.78 Å². The number of H-pyrrole nitrogens is 1. The second-order valence-electron chi connectivity index (χ2n) is 8.70. The van der Waals surface area contributed by atoms with Crippen molar-refractivity contribution < 1.29 is 14.3 Å². The van der Waals surface area contributed by atoms with E-state index in [-0.39, 0.29) is 30.8 Å². The Hall–Kier alpha value is -3.40. The number of nitrogens with zero attached hydrogens (tertiary/aromatic N) is 4. The van der Waals surface area contributed by atoms with E-state index in [0.29, 0.717) is 18.2 Å². The quantitative estimate of drug-likeness (QED) is 0.467. The maximum atomic E-state index is 12.6. The number of rotatable bonds is 7. The lowest BCUT2D eigenvalue weighted by Gasteiger charge is -2.38. The summed E-state index contributed by atoms with van der Waals surface area (Å²) in [6, 6.07) is 8.36. The van der Waals surface area contributed by atoms with Gasteiger partial charge >= 0.3 is 6.09 Å². The van der Waals surface area contributed by atoms with E-state index in [1.807, 2.05) is 36.1 Å². The molecule has 2 fully saturated rings. The van der Waals surface area contributed by atoms with Crippen molar-refractivity contribution in [3.8, 4) is 0 Å². The molecule has 2 aliphatic heterocycles. The number of fused-ring (bicyclic) bond motifs is 3. The van der Waals surface area contributed by atoms with Crippen molar-refractivity contribution in [2.45, 2.75) is 50.7 Å². The Balaban J connectivity index is 1.33. The van der Waals surface area contributed by atoms with E-state index in [2.05, 4.69) is 25.8 Å². The Morgan fingerprint density at radius 1 is 1.21 bits per heavy atom. The average molecular weight is 452 g/mol. The zero-order chi connectivity index (χ0) is 22.8. The first-order chi connectivity index (χ1) is 16.1. The van der Waals surface area contributed by atoms with E-state index in [0.717, 1.165) is 48.1 Å². The summed E-state index contributed by atoms with van der Waals surface area (Å²) in [4.78, 5) is 23.9. The van der Waals surface area contributed by atoms with Gasteiger partial charge in [0.05, 0.1) is 12.1 Å². The first-order valence-electron chi connectivity index (χ1n) is 11.4. The molecule has 0 aromatic carbocycles. The third kappa shape index (κ3) is 4.56.